The van der Waals surface area contributed by atoms with Gasteiger partial charge in [-0.15, -0.1) is 0 Å². The number of primary amides is 1. The number of rotatable bonds is 28. The maximum Gasteiger partial charge on any atom is 0.326 e. The Morgan fingerprint density at radius 1 is 0.542 bits per heavy atom. The minimum absolute atomic E-state index is 0.0593. The Kier molecular flexibility index (Phi) is 24.2. The van der Waals surface area contributed by atoms with Gasteiger partial charge in [0, 0.05) is 6.42 Å². The van der Waals surface area contributed by atoms with Crippen LogP contribution in [-0.2, 0) is 47.9 Å². The Hall–Kier alpha value is -5.38. The molecule has 8 amide bonds. The van der Waals surface area contributed by atoms with Crippen LogP contribution in [0, 0.1) is 23.7 Å². The highest BCUT2D eigenvalue weighted by molar-refractivity contribution is 5.97. The van der Waals surface area contributed by atoms with Gasteiger partial charge in [0.05, 0.1) is 25.6 Å². The van der Waals surface area contributed by atoms with E-state index in [0.717, 1.165) is 0 Å². The van der Waals surface area contributed by atoms with Crippen LogP contribution >= 0.6 is 0 Å². The molecule has 14 N–H and O–H groups in total. The molecule has 0 aromatic rings. The van der Waals surface area contributed by atoms with E-state index in [1.807, 2.05) is 19.2 Å². The zero-order valence-electron chi connectivity index (χ0n) is 35.1. The molecule has 0 unspecified atom stereocenters. The van der Waals surface area contributed by atoms with Crippen molar-refractivity contribution in [2.45, 2.75) is 136 Å². The smallest absolute Gasteiger partial charge is 0.326 e. The van der Waals surface area contributed by atoms with Crippen LogP contribution in [0.5, 0.6) is 0 Å². The summed E-state index contributed by atoms with van der Waals surface area (Å²) in [5.74, 6) is -10.7. The molecule has 0 heterocycles. The highest BCUT2D eigenvalue weighted by Crippen LogP contribution is 2.12. The molecule has 0 spiro atoms. The average Bonchev–Trinajstić information content (AvgIpc) is 3.10. The number of hydrogen-bond acceptors (Lipinski definition) is 12. The van der Waals surface area contributed by atoms with E-state index < -0.39 is 127 Å². The second-order valence-electron chi connectivity index (χ2n) is 15.9. The number of aliphatic carboxylic acids is 2. The van der Waals surface area contributed by atoms with E-state index in [2.05, 4.69) is 31.9 Å². The van der Waals surface area contributed by atoms with Gasteiger partial charge >= 0.3 is 11.9 Å². The van der Waals surface area contributed by atoms with Gasteiger partial charge in [-0.3, -0.25) is 43.2 Å². The lowest BCUT2D eigenvalue weighted by molar-refractivity contribution is -0.147. The first-order valence-electron chi connectivity index (χ1n) is 19.5. The number of amides is 8. The van der Waals surface area contributed by atoms with Crippen molar-refractivity contribution in [2.75, 3.05) is 13.2 Å². The minimum atomic E-state index is -1.86. The summed E-state index contributed by atoms with van der Waals surface area (Å²) < 4.78 is 0. The van der Waals surface area contributed by atoms with Crippen LogP contribution in [0.2, 0.25) is 0 Å². The highest BCUT2D eigenvalue weighted by atomic mass is 16.4. The number of carboxylic acids is 2. The van der Waals surface area contributed by atoms with E-state index >= 15 is 0 Å². The van der Waals surface area contributed by atoms with Gasteiger partial charge in [-0.2, -0.15) is 0 Å². The van der Waals surface area contributed by atoms with Gasteiger partial charge in [-0.1, -0.05) is 55.4 Å². The summed E-state index contributed by atoms with van der Waals surface area (Å²) in [5, 5.41) is 44.3. The number of aliphatic hydroxyl groups is 1. The van der Waals surface area contributed by atoms with Crippen LogP contribution in [0.25, 0.3) is 0 Å². The summed E-state index contributed by atoms with van der Waals surface area (Å²) in [6.07, 6.45) is -1.07. The third kappa shape index (κ3) is 21.8. The Labute approximate surface area is 343 Å². The first-order valence-corrected chi connectivity index (χ1v) is 19.5. The Morgan fingerprint density at radius 2 is 1.00 bits per heavy atom. The number of aliphatic hydroxyl groups excluding tert-OH is 1. The fourth-order valence-electron chi connectivity index (χ4n) is 5.55. The molecule has 0 radical (unpaired) electrons. The molecule has 22 nitrogen and oxygen atoms in total. The SMILES string of the molecule is CC(C)C[C@H](NC(=O)[C@H](CC(C)C)NC(=O)[C@H](CCC(N)=O)NC(=O)[C@@H](NC(=O)[C@@H](N)CC(C)C)C(C)C)C(=O)NCC(=O)N[C@@H](CO)C(=O)N[C@@H](CC(=O)O)C(=O)O. The van der Waals surface area contributed by atoms with Crippen LogP contribution in [0.15, 0.2) is 0 Å². The van der Waals surface area contributed by atoms with E-state index in [0.29, 0.717) is 6.42 Å². The monoisotopic (exact) mass is 843 g/mol. The second kappa shape index (κ2) is 26.6. The number of nitrogens with one attached hydrogen (secondary N) is 7. The first kappa shape index (κ1) is 53.6. The van der Waals surface area contributed by atoms with Crippen LogP contribution in [-0.4, -0.2) is 130 Å². The molecule has 59 heavy (non-hydrogen) atoms. The summed E-state index contributed by atoms with van der Waals surface area (Å²) in [7, 11) is 0. The maximum absolute atomic E-state index is 13.7. The molecule has 0 aromatic carbocycles. The van der Waals surface area contributed by atoms with E-state index in [4.69, 9.17) is 21.7 Å². The van der Waals surface area contributed by atoms with Gasteiger partial charge in [-0.05, 0) is 49.4 Å². The molecule has 0 bridgehead atoms. The molecule has 336 valence electrons. The zero-order valence-corrected chi connectivity index (χ0v) is 35.1. The Bertz CT molecular complexity index is 1490. The number of carboxylic acid groups (broad SMARTS) is 2. The van der Waals surface area contributed by atoms with Crippen LogP contribution in [0.3, 0.4) is 0 Å². The molecule has 0 aliphatic rings. The van der Waals surface area contributed by atoms with Gasteiger partial charge in [0.15, 0.2) is 0 Å². The lowest BCUT2D eigenvalue weighted by Gasteiger charge is -2.28. The van der Waals surface area contributed by atoms with Crippen LogP contribution in [0.4, 0.5) is 0 Å². The maximum atomic E-state index is 13.7. The van der Waals surface area contributed by atoms with Gasteiger partial charge < -0.3 is 64.0 Å². The Balaban J connectivity index is 6.04. The average molecular weight is 844 g/mol. The van der Waals surface area contributed by atoms with Gasteiger partial charge in [-0.25, -0.2) is 4.79 Å². The molecule has 0 fully saturated rings. The fraction of sp³-hybridized carbons (Fsp3) is 0.730. The Morgan fingerprint density at radius 3 is 1.44 bits per heavy atom. The van der Waals surface area contributed by atoms with Crippen LogP contribution < -0.4 is 48.7 Å². The topological polar surface area (TPSA) is 368 Å². The van der Waals surface area contributed by atoms with Crippen molar-refractivity contribution in [3.05, 3.63) is 0 Å². The summed E-state index contributed by atoms with van der Waals surface area (Å²) in [5.41, 5.74) is 11.3. The number of hydrogen-bond donors (Lipinski definition) is 12. The largest absolute Gasteiger partial charge is 0.481 e. The highest BCUT2D eigenvalue weighted by Gasteiger charge is 2.34. The molecule has 0 aliphatic carbocycles. The first-order chi connectivity index (χ1) is 27.3. The minimum Gasteiger partial charge on any atom is -0.481 e. The van der Waals surface area contributed by atoms with E-state index in [1.54, 1.807) is 41.5 Å². The van der Waals surface area contributed by atoms with Crippen molar-refractivity contribution in [2.24, 2.45) is 35.1 Å². The third-order valence-electron chi connectivity index (χ3n) is 8.55. The van der Waals surface area contributed by atoms with E-state index in [-0.39, 0.29) is 43.4 Å². The van der Waals surface area contributed by atoms with Gasteiger partial charge in [0.25, 0.3) is 0 Å². The fourth-order valence-corrected chi connectivity index (χ4v) is 5.55. The van der Waals surface area contributed by atoms with Crippen molar-refractivity contribution < 1.29 is 63.3 Å². The molecule has 0 saturated carbocycles. The molecule has 0 aromatic heterocycles. The molecular weight excluding hydrogens is 778 g/mol. The van der Waals surface area contributed by atoms with Crippen molar-refractivity contribution in [3.63, 3.8) is 0 Å². The summed E-state index contributed by atoms with van der Waals surface area (Å²) >= 11 is 0. The molecule has 0 saturated heterocycles. The molecular formula is C37H65N9O13. The quantitative estimate of drug-likeness (QED) is 0.0373. The van der Waals surface area contributed by atoms with Crippen molar-refractivity contribution in [3.8, 4) is 0 Å². The second-order valence-corrected chi connectivity index (χ2v) is 15.9. The zero-order chi connectivity index (χ0) is 45.7. The normalized spacial score (nSPS) is 14.8. The number of carbonyl (C=O) groups is 10. The summed E-state index contributed by atoms with van der Waals surface area (Å²) in [6.45, 7) is 12.4. The predicted molar refractivity (Wildman–Crippen MR) is 211 cm³/mol. The third-order valence-corrected chi connectivity index (χ3v) is 8.55. The summed E-state index contributed by atoms with van der Waals surface area (Å²) in [6, 6.07) is -9.48. The standard InChI is InChI=1S/C37H65N9O13/c1-17(2)11-21(38)31(52)46-30(20(7)8)36(57)42-22(9-10-27(39)48)33(54)44-24(13-19(5)6)34(55)43-23(12-18(3)4)32(53)40-15-28(49)41-26(16-47)35(56)45-25(37(58)59)14-29(50)51/h17-26,30,47H,9-16,38H2,1-8H3,(H2,39,48)(H,40,53)(H,41,49)(H,42,57)(H,43,55)(H,44,54)(H,45,56)(H,46,52)(H,50,51)(H,58,59)/t21-,22-,23-,24-,25-,26-,30-/m0/s1. The molecule has 0 rings (SSSR count). The van der Waals surface area contributed by atoms with Crippen molar-refractivity contribution >= 4 is 59.2 Å². The molecule has 22 heteroatoms. The molecule has 0 aliphatic heterocycles. The predicted octanol–water partition coefficient (Wildman–Crippen LogP) is -3.05. The van der Waals surface area contributed by atoms with E-state index in [1.165, 1.54) is 0 Å². The lowest BCUT2D eigenvalue weighted by atomic mass is 9.98. The molecule has 7 atom stereocenters. The number of carbonyl (C=O) groups excluding carboxylic acids is 8. The lowest BCUT2D eigenvalue weighted by Crippen LogP contribution is -2.60. The van der Waals surface area contributed by atoms with Gasteiger partial charge in [0.2, 0.25) is 47.3 Å². The van der Waals surface area contributed by atoms with Crippen molar-refractivity contribution in [1.82, 2.24) is 37.2 Å². The van der Waals surface area contributed by atoms with Crippen molar-refractivity contribution in [1.29, 1.82) is 0 Å². The summed E-state index contributed by atoms with van der Waals surface area (Å²) in [4.78, 5) is 126. The van der Waals surface area contributed by atoms with E-state index in [9.17, 15) is 53.1 Å². The van der Waals surface area contributed by atoms with Gasteiger partial charge in [0.1, 0.15) is 36.3 Å². The number of nitrogens with two attached hydrogens (primary N) is 2. The van der Waals surface area contributed by atoms with Crippen LogP contribution in [0.1, 0.15) is 93.9 Å².